The van der Waals surface area contributed by atoms with E-state index >= 15 is 0 Å². The third kappa shape index (κ3) is 3.42. The molecule has 0 unspecified atom stereocenters. The number of hydrogen-bond acceptors (Lipinski definition) is 4. The van der Waals surface area contributed by atoms with E-state index in [1.165, 1.54) is 0 Å². The van der Waals surface area contributed by atoms with E-state index in [-0.39, 0.29) is 6.03 Å². The van der Waals surface area contributed by atoms with Gasteiger partial charge in [-0.2, -0.15) is 0 Å². The molecule has 0 fully saturated rings. The van der Waals surface area contributed by atoms with Gasteiger partial charge in [-0.3, -0.25) is 0 Å². The van der Waals surface area contributed by atoms with Crippen LogP contribution in [0.3, 0.4) is 0 Å². The lowest BCUT2D eigenvalue weighted by molar-refractivity contribution is 0.187. The lowest BCUT2D eigenvalue weighted by atomic mass is 10.2. The van der Waals surface area contributed by atoms with Gasteiger partial charge in [0.2, 0.25) is 0 Å². The van der Waals surface area contributed by atoms with Crippen molar-refractivity contribution in [3.8, 4) is 5.75 Å². The second-order valence-corrected chi connectivity index (χ2v) is 5.92. The first-order valence-electron chi connectivity index (χ1n) is 7.40. The molecule has 0 atom stereocenters. The van der Waals surface area contributed by atoms with E-state index in [4.69, 9.17) is 20.9 Å². The van der Waals surface area contributed by atoms with E-state index in [0.29, 0.717) is 31.3 Å². The number of benzene rings is 1. The highest BCUT2D eigenvalue weighted by molar-refractivity contribution is 6.30. The van der Waals surface area contributed by atoms with Gasteiger partial charge in [-0.15, -0.1) is 0 Å². The van der Waals surface area contributed by atoms with Crippen LogP contribution in [0.5, 0.6) is 5.75 Å². The molecule has 23 heavy (non-hydrogen) atoms. The highest BCUT2D eigenvalue weighted by atomic mass is 35.5. The lowest BCUT2D eigenvalue weighted by Gasteiger charge is -2.20. The molecule has 6 nitrogen and oxygen atoms in total. The molecule has 0 bridgehead atoms. The predicted molar refractivity (Wildman–Crippen MR) is 85.6 cm³/mol. The summed E-state index contributed by atoms with van der Waals surface area (Å²) in [6.45, 7) is 5.51. The van der Waals surface area contributed by atoms with Crippen LogP contribution in [0, 0.1) is 13.8 Å². The Morgan fingerprint density at radius 1 is 1.43 bits per heavy atom. The van der Waals surface area contributed by atoms with Gasteiger partial charge >= 0.3 is 6.03 Å². The Balaban J connectivity index is 1.68. The van der Waals surface area contributed by atoms with Gasteiger partial charge in [0.15, 0.2) is 0 Å². The Kier molecular flexibility index (Phi) is 4.43. The van der Waals surface area contributed by atoms with E-state index in [1.807, 2.05) is 26.0 Å². The van der Waals surface area contributed by atoms with Crippen LogP contribution in [0.4, 0.5) is 4.79 Å². The molecule has 3 rings (SSSR count). The predicted octanol–water partition coefficient (Wildman–Crippen LogP) is 3.05. The number of nitrogens with zero attached hydrogens (tertiary/aromatic N) is 2. The monoisotopic (exact) mass is 335 g/mol. The molecule has 1 aromatic carbocycles. The summed E-state index contributed by atoms with van der Waals surface area (Å²) in [5, 5.41) is 7.42. The lowest BCUT2D eigenvalue weighted by Crippen LogP contribution is -2.40. The van der Waals surface area contributed by atoms with Gasteiger partial charge in [-0.25, -0.2) is 4.79 Å². The molecule has 2 heterocycles. The van der Waals surface area contributed by atoms with Crippen molar-refractivity contribution in [3.05, 3.63) is 45.8 Å². The number of ether oxygens (including phenoxy) is 1. The van der Waals surface area contributed by atoms with E-state index in [2.05, 4.69) is 10.5 Å². The van der Waals surface area contributed by atoms with Gasteiger partial charge in [0.1, 0.15) is 18.1 Å². The molecule has 2 amide bonds. The minimum absolute atomic E-state index is 0.151. The summed E-state index contributed by atoms with van der Waals surface area (Å²) >= 11 is 6.03. The van der Waals surface area contributed by atoms with Crippen molar-refractivity contribution in [2.45, 2.75) is 26.9 Å². The van der Waals surface area contributed by atoms with Crippen molar-refractivity contribution < 1.29 is 14.1 Å². The van der Waals surface area contributed by atoms with Crippen LogP contribution in [0.15, 0.2) is 22.7 Å². The highest BCUT2D eigenvalue weighted by Crippen LogP contribution is 2.26. The second kappa shape index (κ2) is 6.50. The summed E-state index contributed by atoms with van der Waals surface area (Å²) in [6.07, 6.45) is 0. The number of amides is 2. The molecule has 0 saturated heterocycles. The molecule has 0 saturated carbocycles. The minimum atomic E-state index is -0.151. The van der Waals surface area contributed by atoms with E-state index in [0.717, 1.165) is 28.3 Å². The molecule has 0 aliphatic carbocycles. The molecule has 2 aromatic rings. The molecule has 1 aromatic heterocycles. The number of carbonyl (C=O) groups excluding carboxylic acids is 1. The number of urea groups is 1. The van der Waals surface area contributed by atoms with Crippen LogP contribution < -0.4 is 10.1 Å². The number of halogens is 1. The Labute approximate surface area is 139 Å². The standard InChI is InChI=1S/C16H18ClN3O3/c1-10-14(11(2)23-19-10)8-18-16(21)20-5-6-22-15-4-3-13(17)7-12(15)9-20/h3-4,7H,5-6,8-9H2,1-2H3,(H,18,21). The molecular formula is C16H18ClN3O3. The van der Waals surface area contributed by atoms with Gasteiger partial charge in [0.25, 0.3) is 0 Å². The van der Waals surface area contributed by atoms with Gasteiger partial charge in [-0.1, -0.05) is 16.8 Å². The fourth-order valence-electron chi connectivity index (χ4n) is 2.57. The van der Waals surface area contributed by atoms with Gasteiger partial charge in [-0.05, 0) is 32.0 Å². The first-order valence-corrected chi connectivity index (χ1v) is 7.78. The molecule has 7 heteroatoms. The number of carbonyl (C=O) groups is 1. The number of aromatic nitrogens is 1. The zero-order valence-electron chi connectivity index (χ0n) is 13.1. The number of hydrogen-bond donors (Lipinski definition) is 1. The van der Waals surface area contributed by atoms with Gasteiger partial charge in [0, 0.05) is 22.7 Å². The molecular weight excluding hydrogens is 318 g/mol. The summed E-state index contributed by atoms with van der Waals surface area (Å²) in [6, 6.07) is 5.30. The summed E-state index contributed by atoms with van der Waals surface area (Å²) in [5.41, 5.74) is 2.61. The van der Waals surface area contributed by atoms with Crippen molar-refractivity contribution in [3.63, 3.8) is 0 Å². The zero-order valence-corrected chi connectivity index (χ0v) is 13.8. The number of aryl methyl sites for hydroxylation is 2. The van der Waals surface area contributed by atoms with Crippen molar-refractivity contribution in [1.29, 1.82) is 0 Å². The van der Waals surface area contributed by atoms with Crippen LogP contribution in [0.2, 0.25) is 5.02 Å². The fourth-order valence-corrected chi connectivity index (χ4v) is 2.76. The topological polar surface area (TPSA) is 67.6 Å². The average Bonchev–Trinajstić information content (AvgIpc) is 2.73. The quantitative estimate of drug-likeness (QED) is 0.916. The summed E-state index contributed by atoms with van der Waals surface area (Å²) in [4.78, 5) is 14.1. The minimum Gasteiger partial charge on any atom is -0.491 e. The maximum atomic E-state index is 12.4. The van der Waals surface area contributed by atoms with Crippen LogP contribution in [-0.4, -0.2) is 29.2 Å². The smallest absolute Gasteiger partial charge is 0.318 e. The summed E-state index contributed by atoms with van der Waals surface area (Å²) < 4.78 is 10.8. The Morgan fingerprint density at radius 3 is 3.00 bits per heavy atom. The zero-order chi connectivity index (χ0) is 16.4. The van der Waals surface area contributed by atoms with E-state index in [9.17, 15) is 4.79 Å². The SMILES string of the molecule is Cc1noc(C)c1CNC(=O)N1CCOc2ccc(Cl)cc2C1. The third-order valence-electron chi connectivity index (χ3n) is 3.89. The van der Waals surface area contributed by atoms with Crippen molar-refractivity contribution in [1.82, 2.24) is 15.4 Å². The molecule has 1 aliphatic rings. The Hall–Kier alpha value is -2.21. The van der Waals surface area contributed by atoms with Crippen LogP contribution in [-0.2, 0) is 13.1 Å². The van der Waals surface area contributed by atoms with E-state index < -0.39 is 0 Å². The molecule has 0 spiro atoms. The molecule has 1 aliphatic heterocycles. The summed E-state index contributed by atoms with van der Waals surface area (Å²) in [7, 11) is 0. The molecule has 0 radical (unpaired) electrons. The Bertz CT molecular complexity index is 710. The largest absolute Gasteiger partial charge is 0.491 e. The maximum absolute atomic E-state index is 12.4. The fraction of sp³-hybridized carbons (Fsp3) is 0.375. The number of rotatable bonds is 2. The van der Waals surface area contributed by atoms with Gasteiger partial charge < -0.3 is 19.5 Å². The van der Waals surface area contributed by atoms with Crippen LogP contribution >= 0.6 is 11.6 Å². The first-order chi connectivity index (χ1) is 11.0. The van der Waals surface area contributed by atoms with Crippen LogP contribution in [0.25, 0.3) is 0 Å². The number of nitrogens with one attached hydrogen (secondary N) is 1. The second-order valence-electron chi connectivity index (χ2n) is 5.48. The van der Waals surface area contributed by atoms with E-state index in [1.54, 1.807) is 11.0 Å². The van der Waals surface area contributed by atoms with Gasteiger partial charge in [0.05, 0.1) is 18.8 Å². The third-order valence-corrected chi connectivity index (χ3v) is 4.12. The van der Waals surface area contributed by atoms with Crippen molar-refractivity contribution in [2.24, 2.45) is 0 Å². The number of fused-ring (bicyclic) bond motifs is 1. The Morgan fingerprint density at radius 2 is 2.26 bits per heavy atom. The maximum Gasteiger partial charge on any atom is 0.318 e. The van der Waals surface area contributed by atoms with Crippen LogP contribution in [0.1, 0.15) is 22.6 Å². The first kappa shape index (κ1) is 15.7. The van der Waals surface area contributed by atoms with Crippen molar-refractivity contribution in [2.75, 3.05) is 13.2 Å². The van der Waals surface area contributed by atoms with Crippen molar-refractivity contribution >= 4 is 17.6 Å². The average molecular weight is 336 g/mol. The highest BCUT2D eigenvalue weighted by Gasteiger charge is 2.20. The summed E-state index contributed by atoms with van der Waals surface area (Å²) in [5.74, 6) is 1.49. The molecule has 1 N–H and O–H groups in total. The normalized spacial score (nSPS) is 14.0. The molecule has 122 valence electrons.